The number of benzene rings is 2. The molecule has 0 saturated carbocycles. The number of hydrogen-bond acceptors (Lipinski definition) is 2. The molecule has 1 atom stereocenters. The first-order valence-corrected chi connectivity index (χ1v) is 7.66. The molecule has 0 heterocycles. The van der Waals surface area contributed by atoms with Gasteiger partial charge in [0.15, 0.2) is 0 Å². The van der Waals surface area contributed by atoms with Gasteiger partial charge in [0.25, 0.3) is 0 Å². The number of rotatable bonds is 8. The number of halogens is 1. The maximum Gasteiger partial charge on any atom is 0.123 e. The minimum atomic E-state index is -0.203. The zero-order valence-corrected chi connectivity index (χ0v) is 13.0. The van der Waals surface area contributed by atoms with E-state index < -0.39 is 0 Å². The fraction of sp³-hybridized carbons (Fsp3) is 0.316. The Balaban J connectivity index is 1.93. The van der Waals surface area contributed by atoms with Crippen LogP contribution in [0.4, 0.5) is 4.39 Å². The molecule has 2 rings (SSSR count). The van der Waals surface area contributed by atoms with Crippen LogP contribution in [0.5, 0.6) is 0 Å². The van der Waals surface area contributed by atoms with Crippen molar-refractivity contribution in [1.29, 1.82) is 5.41 Å². The molecule has 0 fully saturated rings. The second-order valence-corrected chi connectivity index (χ2v) is 5.72. The maximum atomic E-state index is 13.0. The third kappa shape index (κ3) is 5.41. The fourth-order valence-corrected chi connectivity index (χ4v) is 2.72. The maximum absolute atomic E-state index is 13.0. The monoisotopic (exact) mass is 298 g/mol. The van der Waals surface area contributed by atoms with Gasteiger partial charge in [0.05, 0.1) is 0 Å². The Kier molecular flexibility index (Phi) is 6.28. The van der Waals surface area contributed by atoms with Gasteiger partial charge in [-0.2, -0.15) is 0 Å². The summed E-state index contributed by atoms with van der Waals surface area (Å²) in [5.74, 6) is 0.150. The Hall–Kier alpha value is -2.00. The lowest BCUT2D eigenvalue weighted by Gasteiger charge is -2.17. The number of hydrogen-bond donors (Lipinski definition) is 2. The summed E-state index contributed by atoms with van der Waals surface area (Å²) in [4.78, 5) is 0. The third-order valence-corrected chi connectivity index (χ3v) is 3.73. The van der Waals surface area contributed by atoms with Gasteiger partial charge in [-0.25, -0.2) is 4.39 Å². The second-order valence-electron chi connectivity index (χ2n) is 5.72. The average molecular weight is 298 g/mol. The Morgan fingerprint density at radius 1 is 1.05 bits per heavy atom. The summed E-state index contributed by atoms with van der Waals surface area (Å²) in [7, 11) is 1.93. The second kappa shape index (κ2) is 8.44. The van der Waals surface area contributed by atoms with E-state index in [4.69, 9.17) is 5.41 Å². The van der Waals surface area contributed by atoms with Gasteiger partial charge < -0.3 is 10.7 Å². The Bertz CT molecular complexity index is 578. The van der Waals surface area contributed by atoms with Gasteiger partial charge in [-0.15, -0.1) is 0 Å². The van der Waals surface area contributed by atoms with Crippen LogP contribution in [0, 0.1) is 17.1 Å². The Morgan fingerprint density at radius 3 is 2.36 bits per heavy atom. The highest BCUT2D eigenvalue weighted by Gasteiger charge is 2.12. The molecule has 2 N–H and O–H groups in total. The highest BCUT2D eigenvalue weighted by atomic mass is 19.1. The van der Waals surface area contributed by atoms with Crippen LogP contribution in [-0.2, 0) is 12.8 Å². The van der Waals surface area contributed by atoms with E-state index in [0.717, 1.165) is 30.7 Å². The molecular weight excluding hydrogens is 275 g/mol. The molecule has 2 aromatic carbocycles. The molecule has 0 aliphatic carbocycles. The quantitative estimate of drug-likeness (QED) is 0.713. The topological polar surface area (TPSA) is 35.9 Å². The van der Waals surface area contributed by atoms with Gasteiger partial charge in [0.2, 0.25) is 0 Å². The van der Waals surface area contributed by atoms with E-state index in [2.05, 4.69) is 17.4 Å². The van der Waals surface area contributed by atoms with E-state index >= 15 is 0 Å². The van der Waals surface area contributed by atoms with E-state index in [1.807, 2.05) is 37.4 Å². The van der Waals surface area contributed by atoms with Crippen molar-refractivity contribution in [2.75, 3.05) is 13.6 Å². The van der Waals surface area contributed by atoms with Crippen molar-refractivity contribution >= 4 is 5.71 Å². The Labute approximate surface area is 131 Å². The molecule has 1 unspecified atom stereocenters. The molecule has 0 saturated heterocycles. The summed E-state index contributed by atoms with van der Waals surface area (Å²) in [6, 6.07) is 16.8. The van der Waals surface area contributed by atoms with Gasteiger partial charge in [-0.05, 0) is 55.6 Å². The molecule has 116 valence electrons. The zero-order valence-electron chi connectivity index (χ0n) is 13.0. The van der Waals surface area contributed by atoms with Gasteiger partial charge >= 0.3 is 0 Å². The van der Waals surface area contributed by atoms with Crippen LogP contribution in [0.3, 0.4) is 0 Å². The van der Waals surface area contributed by atoms with Gasteiger partial charge in [0.1, 0.15) is 5.82 Å². The molecule has 3 heteroatoms. The van der Waals surface area contributed by atoms with Crippen LogP contribution >= 0.6 is 0 Å². The number of nitrogens with one attached hydrogen (secondary N) is 2. The lowest BCUT2D eigenvalue weighted by atomic mass is 9.92. The lowest BCUT2D eigenvalue weighted by Crippen LogP contribution is -2.24. The summed E-state index contributed by atoms with van der Waals surface area (Å²) in [5.41, 5.74) is 3.04. The predicted molar refractivity (Wildman–Crippen MR) is 90.0 cm³/mol. The highest BCUT2D eigenvalue weighted by Crippen LogP contribution is 2.15. The molecule has 0 aromatic heterocycles. The molecule has 0 aliphatic rings. The fourth-order valence-electron chi connectivity index (χ4n) is 2.72. The summed E-state index contributed by atoms with van der Waals surface area (Å²) in [6.45, 7) is 0.856. The predicted octanol–water partition coefficient (Wildman–Crippen LogP) is 3.86. The zero-order chi connectivity index (χ0) is 15.8. The normalized spacial score (nSPS) is 12.1. The van der Waals surface area contributed by atoms with E-state index in [9.17, 15) is 4.39 Å². The van der Waals surface area contributed by atoms with Crippen LogP contribution in [-0.4, -0.2) is 19.3 Å². The van der Waals surface area contributed by atoms with Gasteiger partial charge in [0, 0.05) is 12.1 Å². The van der Waals surface area contributed by atoms with Crippen LogP contribution in [0.15, 0.2) is 54.6 Å². The van der Waals surface area contributed by atoms with E-state index in [1.54, 1.807) is 0 Å². The average Bonchev–Trinajstić information content (AvgIpc) is 2.50. The summed E-state index contributed by atoms with van der Waals surface area (Å²) in [6.07, 6.45) is 2.32. The summed E-state index contributed by atoms with van der Waals surface area (Å²) >= 11 is 0. The molecule has 0 spiro atoms. The largest absolute Gasteiger partial charge is 0.319 e. The molecule has 2 aromatic rings. The third-order valence-electron chi connectivity index (χ3n) is 3.73. The molecule has 0 bridgehead atoms. The van der Waals surface area contributed by atoms with Crippen LogP contribution in [0.1, 0.15) is 17.5 Å². The molecule has 0 amide bonds. The van der Waals surface area contributed by atoms with Crippen molar-refractivity contribution in [1.82, 2.24) is 5.32 Å². The summed E-state index contributed by atoms with van der Waals surface area (Å²) in [5, 5.41) is 11.4. The van der Waals surface area contributed by atoms with E-state index in [1.165, 1.54) is 17.7 Å². The van der Waals surface area contributed by atoms with Crippen molar-refractivity contribution in [2.24, 2.45) is 5.92 Å². The molecular formula is C19H23FN2. The first-order chi connectivity index (χ1) is 10.7. The van der Waals surface area contributed by atoms with Crippen LogP contribution in [0.25, 0.3) is 0 Å². The van der Waals surface area contributed by atoms with Crippen molar-refractivity contribution < 1.29 is 4.39 Å². The van der Waals surface area contributed by atoms with Gasteiger partial charge in [-0.3, -0.25) is 0 Å². The van der Waals surface area contributed by atoms with Crippen molar-refractivity contribution in [3.05, 3.63) is 71.5 Å². The minimum Gasteiger partial charge on any atom is -0.319 e. The minimum absolute atomic E-state index is 0.203. The van der Waals surface area contributed by atoms with Gasteiger partial charge in [-0.1, -0.05) is 42.5 Å². The first kappa shape index (κ1) is 16.4. The van der Waals surface area contributed by atoms with Crippen molar-refractivity contribution in [3.8, 4) is 0 Å². The standard InChI is InChI=1S/C19H23FN2/c1-22-14-17(11-16-7-9-18(20)10-8-16)13-19(21)12-15-5-3-2-4-6-15/h2-10,17,21-22H,11-14H2,1H3. The summed E-state index contributed by atoms with van der Waals surface area (Å²) < 4.78 is 13.0. The van der Waals surface area contributed by atoms with E-state index in [-0.39, 0.29) is 5.82 Å². The molecule has 2 nitrogen and oxygen atoms in total. The molecule has 0 aliphatic heterocycles. The first-order valence-electron chi connectivity index (χ1n) is 7.66. The SMILES string of the molecule is CNCC(CC(=N)Cc1ccccc1)Cc1ccc(F)cc1. The van der Waals surface area contributed by atoms with Crippen LogP contribution < -0.4 is 5.32 Å². The molecule has 22 heavy (non-hydrogen) atoms. The van der Waals surface area contributed by atoms with E-state index in [0.29, 0.717) is 12.3 Å². The van der Waals surface area contributed by atoms with Crippen molar-refractivity contribution in [3.63, 3.8) is 0 Å². The van der Waals surface area contributed by atoms with Crippen LogP contribution in [0.2, 0.25) is 0 Å². The van der Waals surface area contributed by atoms with Crippen molar-refractivity contribution in [2.45, 2.75) is 19.3 Å². The molecule has 0 radical (unpaired) electrons. The lowest BCUT2D eigenvalue weighted by molar-refractivity contribution is 0.510. The Morgan fingerprint density at radius 2 is 1.73 bits per heavy atom. The highest BCUT2D eigenvalue weighted by molar-refractivity contribution is 5.83. The smallest absolute Gasteiger partial charge is 0.123 e.